The number of carboxylic acids is 1. The van der Waals surface area contributed by atoms with Crippen LogP contribution in [0.15, 0.2) is 18.2 Å². The van der Waals surface area contributed by atoms with Crippen LogP contribution in [0.1, 0.15) is 47.3 Å². The van der Waals surface area contributed by atoms with E-state index in [4.69, 9.17) is 9.72 Å². The van der Waals surface area contributed by atoms with Crippen LogP contribution in [0.25, 0.3) is 10.9 Å². The number of carbonyl (C=O) groups is 1. The van der Waals surface area contributed by atoms with Gasteiger partial charge in [0, 0.05) is 11.1 Å². The summed E-state index contributed by atoms with van der Waals surface area (Å²) < 4.78 is 5.20. The topological polar surface area (TPSA) is 59.4 Å². The lowest BCUT2D eigenvalue weighted by Gasteiger charge is -2.24. The van der Waals surface area contributed by atoms with Gasteiger partial charge in [0.25, 0.3) is 0 Å². The van der Waals surface area contributed by atoms with E-state index in [1.807, 2.05) is 12.1 Å². The minimum Gasteiger partial charge on any atom is -0.497 e. The quantitative estimate of drug-likeness (QED) is 0.909. The molecule has 4 heteroatoms. The van der Waals surface area contributed by atoms with E-state index < -0.39 is 5.97 Å². The van der Waals surface area contributed by atoms with Gasteiger partial charge in [-0.05, 0) is 48.9 Å². The number of rotatable bonds is 2. The molecular weight excluding hydrogens is 254 g/mol. The maximum absolute atomic E-state index is 11.7. The predicted molar refractivity (Wildman–Crippen MR) is 76.6 cm³/mol. The van der Waals surface area contributed by atoms with Crippen molar-refractivity contribution in [3.63, 3.8) is 0 Å². The number of hydrogen-bond acceptors (Lipinski definition) is 3. The Morgan fingerprint density at radius 1 is 1.45 bits per heavy atom. The lowest BCUT2D eigenvalue weighted by molar-refractivity contribution is 0.0697. The van der Waals surface area contributed by atoms with Gasteiger partial charge >= 0.3 is 5.97 Å². The Labute approximate surface area is 117 Å². The van der Waals surface area contributed by atoms with E-state index in [0.29, 0.717) is 22.6 Å². The molecule has 104 valence electrons. The molecule has 0 saturated carbocycles. The van der Waals surface area contributed by atoms with Crippen molar-refractivity contribution in [2.24, 2.45) is 0 Å². The molecule has 20 heavy (non-hydrogen) atoms. The van der Waals surface area contributed by atoms with Gasteiger partial charge < -0.3 is 9.84 Å². The molecule has 1 aliphatic carbocycles. The Morgan fingerprint density at radius 2 is 2.25 bits per heavy atom. The molecule has 0 saturated heterocycles. The van der Waals surface area contributed by atoms with Crippen LogP contribution in [-0.4, -0.2) is 23.2 Å². The van der Waals surface area contributed by atoms with Gasteiger partial charge in [0.2, 0.25) is 0 Å². The van der Waals surface area contributed by atoms with Crippen LogP contribution >= 0.6 is 0 Å². The molecule has 1 N–H and O–H groups in total. The molecule has 1 atom stereocenters. The molecule has 1 unspecified atom stereocenters. The number of carboxylic acid groups (broad SMARTS) is 1. The predicted octanol–water partition coefficient (Wildman–Crippen LogP) is 3.38. The second-order valence-corrected chi connectivity index (χ2v) is 5.33. The number of benzene rings is 1. The first-order chi connectivity index (χ1) is 9.61. The highest BCUT2D eigenvalue weighted by atomic mass is 16.5. The van der Waals surface area contributed by atoms with Crippen molar-refractivity contribution in [1.29, 1.82) is 0 Å². The number of nitrogens with zero attached hydrogens (tertiary/aromatic N) is 1. The van der Waals surface area contributed by atoms with E-state index in [9.17, 15) is 9.90 Å². The van der Waals surface area contributed by atoms with Crippen molar-refractivity contribution in [2.45, 2.75) is 32.1 Å². The van der Waals surface area contributed by atoms with E-state index >= 15 is 0 Å². The summed E-state index contributed by atoms with van der Waals surface area (Å²) in [6.45, 7) is 2.12. The zero-order valence-corrected chi connectivity index (χ0v) is 11.6. The normalized spacial score (nSPS) is 17.8. The lowest BCUT2D eigenvalue weighted by atomic mass is 9.84. The van der Waals surface area contributed by atoms with Crippen molar-refractivity contribution in [2.75, 3.05) is 7.11 Å². The summed E-state index contributed by atoms with van der Waals surface area (Å²) in [5, 5.41) is 10.3. The zero-order chi connectivity index (χ0) is 14.3. The summed E-state index contributed by atoms with van der Waals surface area (Å²) in [5.41, 5.74) is 2.98. The van der Waals surface area contributed by atoms with E-state index in [1.165, 1.54) is 0 Å². The van der Waals surface area contributed by atoms with Crippen LogP contribution in [0, 0.1) is 0 Å². The number of hydrogen-bond donors (Lipinski definition) is 1. The van der Waals surface area contributed by atoms with Gasteiger partial charge in [-0.1, -0.05) is 6.92 Å². The third kappa shape index (κ3) is 1.92. The van der Waals surface area contributed by atoms with Crippen molar-refractivity contribution in [1.82, 2.24) is 4.98 Å². The molecule has 0 radical (unpaired) electrons. The smallest absolute Gasteiger partial charge is 0.336 e. The number of fused-ring (bicyclic) bond motifs is 2. The summed E-state index contributed by atoms with van der Waals surface area (Å²) in [6, 6.07) is 5.43. The maximum Gasteiger partial charge on any atom is 0.336 e. The van der Waals surface area contributed by atoms with Crippen LogP contribution in [-0.2, 0) is 6.42 Å². The Bertz CT molecular complexity index is 694. The number of pyridine rings is 1. The Kier molecular flexibility index (Phi) is 3.08. The molecule has 0 amide bonds. The molecule has 0 spiro atoms. The van der Waals surface area contributed by atoms with Gasteiger partial charge in [-0.25, -0.2) is 4.79 Å². The Balaban J connectivity index is 2.38. The first-order valence-electron chi connectivity index (χ1n) is 6.85. The standard InChI is InChI=1S/C16H17NO3/c1-9-4-3-5-11-14(16(18)19)12-8-10(20-2)6-7-13(12)17-15(9)11/h6-9H,3-5H2,1-2H3,(H,18,19). The minimum absolute atomic E-state index is 0.323. The number of aromatic carboxylic acids is 1. The van der Waals surface area contributed by atoms with Crippen molar-refractivity contribution < 1.29 is 14.6 Å². The molecule has 1 aromatic heterocycles. The third-order valence-electron chi connectivity index (χ3n) is 4.07. The fourth-order valence-electron chi connectivity index (χ4n) is 3.05. The average molecular weight is 271 g/mol. The van der Waals surface area contributed by atoms with E-state index in [-0.39, 0.29) is 0 Å². The first kappa shape index (κ1) is 12.9. The third-order valence-corrected chi connectivity index (χ3v) is 4.07. The van der Waals surface area contributed by atoms with Crippen LogP contribution in [0.4, 0.5) is 0 Å². The molecule has 1 heterocycles. The second kappa shape index (κ2) is 4.78. The monoisotopic (exact) mass is 271 g/mol. The highest BCUT2D eigenvalue weighted by Gasteiger charge is 2.26. The molecule has 3 rings (SSSR count). The lowest BCUT2D eigenvalue weighted by Crippen LogP contribution is -2.15. The molecule has 0 aliphatic heterocycles. The summed E-state index contributed by atoms with van der Waals surface area (Å²) in [6.07, 6.45) is 2.88. The van der Waals surface area contributed by atoms with E-state index in [2.05, 4.69) is 6.92 Å². The highest BCUT2D eigenvalue weighted by Crippen LogP contribution is 2.36. The molecular formula is C16H17NO3. The van der Waals surface area contributed by atoms with Gasteiger partial charge in [0.1, 0.15) is 5.75 Å². The first-order valence-corrected chi connectivity index (χ1v) is 6.85. The summed E-state index contributed by atoms with van der Waals surface area (Å²) in [5.74, 6) is 0.102. The minimum atomic E-state index is -0.879. The second-order valence-electron chi connectivity index (χ2n) is 5.33. The van der Waals surface area contributed by atoms with Crippen LogP contribution in [0.3, 0.4) is 0 Å². The van der Waals surface area contributed by atoms with Crippen molar-refractivity contribution in [3.05, 3.63) is 35.0 Å². The van der Waals surface area contributed by atoms with Gasteiger partial charge in [-0.3, -0.25) is 4.98 Å². The van der Waals surface area contributed by atoms with Crippen molar-refractivity contribution >= 4 is 16.9 Å². The molecule has 0 fully saturated rings. The Hall–Kier alpha value is -2.10. The fourth-order valence-corrected chi connectivity index (χ4v) is 3.05. The highest BCUT2D eigenvalue weighted by molar-refractivity contribution is 6.04. The largest absolute Gasteiger partial charge is 0.497 e. The Morgan fingerprint density at radius 3 is 2.95 bits per heavy atom. The van der Waals surface area contributed by atoms with E-state index in [0.717, 1.165) is 36.0 Å². The van der Waals surface area contributed by atoms with Gasteiger partial charge in [0.05, 0.1) is 18.2 Å². The van der Waals surface area contributed by atoms with Crippen molar-refractivity contribution in [3.8, 4) is 5.75 Å². The number of aromatic nitrogens is 1. The fraction of sp³-hybridized carbons (Fsp3) is 0.375. The summed E-state index contributed by atoms with van der Waals surface area (Å²) in [7, 11) is 1.58. The number of ether oxygens (including phenoxy) is 1. The average Bonchev–Trinajstić information content (AvgIpc) is 2.44. The van der Waals surface area contributed by atoms with Gasteiger partial charge in [-0.15, -0.1) is 0 Å². The van der Waals surface area contributed by atoms with Gasteiger partial charge in [0.15, 0.2) is 0 Å². The van der Waals surface area contributed by atoms with Crippen LogP contribution in [0.2, 0.25) is 0 Å². The molecule has 1 aliphatic rings. The zero-order valence-electron chi connectivity index (χ0n) is 11.6. The van der Waals surface area contributed by atoms with Gasteiger partial charge in [-0.2, -0.15) is 0 Å². The molecule has 4 nitrogen and oxygen atoms in total. The van der Waals surface area contributed by atoms with Crippen LogP contribution < -0.4 is 4.74 Å². The summed E-state index contributed by atoms with van der Waals surface area (Å²) >= 11 is 0. The van der Waals surface area contributed by atoms with Crippen LogP contribution in [0.5, 0.6) is 5.75 Å². The molecule has 0 bridgehead atoms. The maximum atomic E-state index is 11.7. The number of methoxy groups -OCH3 is 1. The molecule has 2 aromatic rings. The molecule has 1 aromatic carbocycles. The van der Waals surface area contributed by atoms with E-state index in [1.54, 1.807) is 13.2 Å². The summed E-state index contributed by atoms with van der Waals surface area (Å²) in [4.78, 5) is 16.4. The SMILES string of the molecule is COc1ccc2nc3c(c(C(=O)O)c2c1)CCCC3C.